The van der Waals surface area contributed by atoms with Crippen LogP contribution >= 0.6 is 22.9 Å². The van der Waals surface area contributed by atoms with Gasteiger partial charge in [-0.2, -0.15) is 0 Å². The Morgan fingerprint density at radius 1 is 1.03 bits per heavy atom. The van der Waals surface area contributed by atoms with E-state index in [0.29, 0.717) is 34.8 Å². The predicted molar refractivity (Wildman–Crippen MR) is 153 cm³/mol. The smallest absolute Gasteiger partial charge is 0.227 e. The molecule has 0 spiro atoms. The Bertz CT molecular complexity index is 1380. The molecule has 1 aromatic carbocycles. The minimum Gasteiger partial charge on any atom is -0.497 e. The lowest BCUT2D eigenvalue weighted by atomic mass is 10.2. The lowest BCUT2D eigenvalue weighted by molar-refractivity contribution is 0.238. The van der Waals surface area contributed by atoms with Crippen LogP contribution in [0.3, 0.4) is 0 Å². The van der Waals surface area contributed by atoms with Crippen LogP contribution in [0, 0.1) is 0 Å². The molecule has 198 valence electrons. The molecule has 0 bridgehead atoms. The van der Waals surface area contributed by atoms with E-state index in [0.717, 1.165) is 53.3 Å². The first-order chi connectivity index (χ1) is 18.6. The summed E-state index contributed by atoms with van der Waals surface area (Å²) < 4.78 is 11.3. The second-order valence-electron chi connectivity index (χ2n) is 8.74. The van der Waals surface area contributed by atoms with Crippen molar-refractivity contribution in [3.05, 3.63) is 53.8 Å². The summed E-state index contributed by atoms with van der Waals surface area (Å²) >= 11 is 8.03. The predicted octanol–water partition coefficient (Wildman–Crippen LogP) is 5.97. The third kappa shape index (κ3) is 6.32. The van der Waals surface area contributed by atoms with Crippen LogP contribution in [0.5, 0.6) is 11.5 Å². The van der Waals surface area contributed by atoms with Crippen LogP contribution in [0.15, 0.2) is 48.8 Å². The number of thiazole rings is 1. The molecule has 0 amide bonds. The van der Waals surface area contributed by atoms with Crippen LogP contribution < -0.4 is 20.1 Å². The molecule has 0 saturated carbocycles. The number of benzene rings is 1. The van der Waals surface area contributed by atoms with E-state index in [4.69, 9.17) is 31.0 Å². The molecule has 4 heterocycles. The van der Waals surface area contributed by atoms with Crippen LogP contribution in [0.1, 0.15) is 19.8 Å². The SMILES string of the molecule is CCNc1nc(-c2cc(OC)ccn2)c(-c2ccnc(Nc3ccc(OCCN4CCCC4)c(Cl)c3)n2)s1. The number of hydrogen-bond acceptors (Lipinski definition) is 10. The number of halogens is 1. The Hall–Kier alpha value is -3.47. The zero-order valence-corrected chi connectivity index (χ0v) is 23.0. The van der Waals surface area contributed by atoms with E-state index in [1.807, 2.05) is 43.3 Å². The summed E-state index contributed by atoms with van der Waals surface area (Å²) in [6, 6.07) is 11.1. The fraction of sp³-hybridized carbons (Fsp3) is 0.333. The summed E-state index contributed by atoms with van der Waals surface area (Å²) in [4.78, 5) is 21.8. The van der Waals surface area contributed by atoms with Gasteiger partial charge in [0.1, 0.15) is 23.8 Å². The van der Waals surface area contributed by atoms with Crippen molar-refractivity contribution in [2.24, 2.45) is 0 Å². The highest BCUT2D eigenvalue weighted by Gasteiger charge is 2.18. The standard InChI is InChI=1S/C27H30ClN7O2S/c1-3-29-27-34-24(22-17-19(36-2)8-10-30-22)25(38-27)21-9-11-31-26(33-21)32-18-6-7-23(20(28)16-18)37-15-14-35-12-4-5-13-35/h6-11,16-17H,3-5,12-15H2,1-2H3,(H,29,34)(H,31,32,33). The van der Waals surface area contributed by atoms with E-state index in [1.54, 1.807) is 19.5 Å². The molecule has 1 aliphatic heterocycles. The molecule has 1 fully saturated rings. The van der Waals surface area contributed by atoms with Crippen molar-refractivity contribution in [3.63, 3.8) is 0 Å². The number of ether oxygens (including phenoxy) is 2. The van der Waals surface area contributed by atoms with Gasteiger partial charge in [-0.05, 0) is 63.2 Å². The monoisotopic (exact) mass is 551 g/mol. The number of rotatable bonds is 11. The third-order valence-electron chi connectivity index (χ3n) is 6.10. The molecule has 0 unspecified atom stereocenters. The van der Waals surface area contributed by atoms with Crippen LogP contribution in [0.4, 0.5) is 16.8 Å². The number of hydrogen-bond donors (Lipinski definition) is 2. The van der Waals surface area contributed by atoms with Gasteiger partial charge in [0.25, 0.3) is 0 Å². The van der Waals surface area contributed by atoms with Gasteiger partial charge >= 0.3 is 0 Å². The fourth-order valence-electron chi connectivity index (χ4n) is 4.22. The molecule has 5 rings (SSSR count). The maximum absolute atomic E-state index is 6.51. The normalized spacial score (nSPS) is 13.4. The lowest BCUT2D eigenvalue weighted by Crippen LogP contribution is -2.25. The number of nitrogens with zero attached hydrogens (tertiary/aromatic N) is 5. The first kappa shape index (κ1) is 26.1. The molecule has 0 aliphatic carbocycles. The highest BCUT2D eigenvalue weighted by Crippen LogP contribution is 2.38. The van der Waals surface area contributed by atoms with Gasteiger partial charge in [-0.25, -0.2) is 15.0 Å². The molecule has 4 aromatic rings. The second-order valence-corrected chi connectivity index (χ2v) is 10.1. The van der Waals surface area contributed by atoms with Crippen LogP contribution in [-0.4, -0.2) is 64.7 Å². The van der Waals surface area contributed by atoms with Crippen LogP contribution in [0.25, 0.3) is 22.0 Å². The van der Waals surface area contributed by atoms with Crippen molar-refractivity contribution >= 4 is 39.7 Å². The molecule has 2 N–H and O–H groups in total. The van der Waals surface area contributed by atoms with Crippen molar-refractivity contribution in [2.75, 3.05) is 50.5 Å². The van der Waals surface area contributed by atoms with E-state index in [9.17, 15) is 0 Å². The molecule has 3 aromatic heterocycles. The van der Waals surface area contributed by atoms with Gasteiger partial charge < -0.3 is 20.1 Å². The molecular formula is C27H30ClN7O2S. The molecule has 1 saturated heterocycles. The molecule has 9 nitrogen and oxygen atoms in total. The van der Waals surface area contributed by atoms with Gasteiger partial charge in [0.05, 0.1) is 28.4 Å². The Balaban J connectivity index is 1.34. The maximum Gasteiger partial charge on any atom is 0.227 e. The summed E-state index contributed by atoms with van der Waals surface area (Å²) in [5.41, 5.74) is 2.94. The van der Waals surface area contributed by atoms with Crippen molar-refractivity contribution in [1.29, 1.82) is 0 Å². The molecule has 38 heavy (non-hydrogen) atoms. The summed E-state index contributed by atoms with van der Waals surface area (Å²) in [5.74, 6) is 1.83. The maximum atomic E-state index is 6.51. The topological polar surface area (TPSA) is 97.3 Å². The van der Waals surface area contributed by atoms with Crippen molar-refractivity contribution in [2.45, 2.75) is 19.8 Å². The van der Waals surface area contributed by atoms with Crippen molar-refractivity contribution in [3.8, 4) is 33.5 Å². The number of methoxy groups -OCH3 is 1. The zero-order valence-electron chi connectivity index (χ0n) is 21.4. The van der Waals surface area contributed by atoms with Gasteiger partial charge in [-0.15, -0.1) is 0 Å². The zero-order chi connectivity index (χ0) is 26.3. The quantitative estimate of drug-likeness (QED) is 0.233. The van der Waals surface area contributed by atoms with E-state index in [2.05, 4.69) is 25.5 Å². The molecule has 0 atom stereocenters. The number of anilines is 3. The van der Waals surface area contributed by atoms with E-state index < -0.39 is 0 Å². The van der Waals surface area contributed by atoms with Gasteiger partial charge in [-0.1, -0.05) is 22.9 Å². The van der Waals surface area contributed by atoms with E-state index in [-0.39, 0.29) is 0 Å². The van der Waals surface area contributed by atoms with Crippen molar-refractivity contribution in [1.82, 2.24) is 24.8 Å². The lowest BCUT2D eigenvalue weighted by Gasteiger charge is -2.16. The number of likely N-dealkylation sites (tertiary alicyclic amines) is 1. The van der Waals surface area contributed by atoms with E-state index in [1.165, 1.54) is 24.2 Å². The van der Waals surface area contributed by atoms with Crippen LogP contribution in [-0.2, 0) is 0 Å². The summed E-state index contributed by atoms with van der Waals surface area (Å²) in [5, 5.41) is 7.88. The van der Waals surface area contributed by atoms with Gasteiger partial charge in [-0.3, -0.25) is 9.88 Å². The highest BCUT2D eigenvalue weighted by molar-refractivity contribution is 7.19. The molecular weight excluding hydrogens is 522 g/mol. The summed E-state index contributed by atoms with van der Waals surface area (Å²) in [7, 11) is 1.63. The molecule has 1 aliphatic rings. The van der Waals surface area contributed by atoms with Gasteiger partial charge in [0, 0.05) is 37.2 Å². The first-order valence-electron chi connectivity index (χ1n) is 12.6. The largest absolute Gasteiger partial charge is 0.497 e. The number of pyridine rings is 1. The second kappa shape index (κ2) is 12.4. The molecule has 11 heteroatoms. The van der Waals surface area contributed by atoms with Crippen LogP contribution in [0.2, 0.25) is 5.02 Å². The Morgan fingerprint density at radius 3 is 2.66 bits per heavy atom. The third-order valence-corrected chi connectivity index (χ3v) is 7.44. The van der Waals surface area contributed by atoms with Crippen molar-refractivity contribution < 1.29 is 9.47 Å². The number of aromatic nitrogens is 4. The minimum atomic E-state index is 0.448. The van der Waals surface area contributed by atoms with E-state index >= 15 is 0 Å². The summed E-state index contributed by atoms with van der Waals surface area (Å²) in [6.45, 7) is 6.62. The fourth-order valence-corrected chi connectivity index (χ4v) is 5.47. The summed E-state index contributed by atoms with van der Waals surface area (Å²) in [6.07, 6.45) is 5.96. The Kier molecular flexibility index (Phi) is 8.52. The van der Waals surface area contributed by atoms with Gasteiger partial charge in [0.15, 0.2) is 5.13 Å². The highest BCUT2D eigenvalue weighted by atomic mass is 35.5. The van der Waals surface area contributed by atoms with Gasteiger partial charge in [0.2, 0.25) is 5.95 Å². The number of nitrogens with one attached hydrogen (secondary N) is 2. The Labute approximate surface area is 231 Å². The average molecular weight is 552 g/mol. The first-order valence-corrected chi connectivity index (χ1v) is 13.8. The Morgan fingerprint density at radius 2 is 1.87 bits per heavy atom. The average Bonchev–Trinajstić information content (AvgIpc) is 3.61. The molecule has 0 radical (unpaired) electrons. The minimum absolute atomic E-state index is 0.448.